The van der Waals surface area contributed by atoms with Gasteiger partial charge in [0.05, 0.1) is 7.11 Å². The van der Waals surface area contributed by atoms with Crippen LogP contribution in [0.15, 0.2) is 48.1 Å². The Morgan fingerprint density at radius 2 is 1.91 bits per heavy atom. The lowest BCUT2D eigenvalue weighted by Gasteiger charge is -2.09. The molecule has 0 radical (unpaired) electrons. The fourth-order valence-electron chi connectivity index (χ4n) is 2.59. The average molecular weight is 296 g/mol. The standard InChI is InChI=1S/C20H24O2/c1-16-7-4-3-5-10-19(21)13-11-17-12-14-20(22-2)15-18(17)9-6-8-16/h5,8,10-15H,3-4,6-7,9H2,1-2H3/b10-5+,13-11+,16-8-. The SMILES string of the molecule is COc1ccc2c(c1)CC/C=C(/C)CCC/C=C/C(=O)/C=C/2. The van der Waals surface area contributed by atoms with E-state index in [1.165, 1.54) is 11.1 Å². The molecule has 0 atom stereocenters. The van der Waals surface area contributed by atoms with Gasteiger partial charge in [0.1, 0.15) is 5.75 Å². The number of methoxy groups -OCH3 is 1. The van der Waals surface area contributed by atoms with E-state index in [9.17, 15) is 4.79 Å². The molecule has 0 aliphatic heterocycles. The number of aryl methyl sites for hydroxylation is 1. The first-order chi connectivity index (χ1) is 10.7. The highest BCUT2D eigenvalue weighted by molar-refractivity contribution is 6.02. The molecule has 2 nitrogen and oxygen atoms in total. The van der Waals surface area contributed by atoms with Gasteiger partial charge in [0, 0.05) is 0 Å². The van der Waals surface area contributed by atoms with E-state index >= 15 is 0 Å². The minimum Gasteiger partial charge on any atom is -0.497 e. The van der Waals surface area contributed by atoms with Gasteiger partial charge in [-0.15, -0.1) is 0 Å². The molecule has 0 aromatic heterocycles. The van der Waals surface area contributed by atoms with Crippen LogP contribution in [0.2, 0.25) is 0 Å². The Kier molecular flexibility index (Phi) is 6.20. The largest absolute Gasteiger partial charge is 0.497 e. The maximum absolute atomic E-state index is 11.8. The quantitative estimate of drug-likeness (QED) is 0.689. The molecule has 0 unspecified atom stereocenters. The van der Waals surface area contributed by atoms with Crippen LogP contribution in [-0.2, 0) is 11.2 Å². The summed E-state index contributed by atoms with van der Waals surface area (Å²) < 4.78 is 5.31. The van der Waals surface area contributed by atoms with Crippen LogP contribution in [-0.4, -0.2) is 12.9 Å². The predicted molar refractivity (Wildman–Crippen MR) is 92.1 cm³/mol. The van der Waals surface area contributed by atoms with Gasteiger partial charge in [-0.25, -0.2) is 0 Å². The highest BCUT2D eigenvalue weighted by atomic mass is 16.5. The van der Waals surface area contributed by atoms with Crippen molar-refractivity contribution < 1.29 is 9.53 Å². The Balaban J connectivity index is 2.30. The highest BCUT2D eigenvalue weighted by Crippen LogP contribution is 2.21. The van der Waals surface area contributed by atoms with Gasteiger partial charge in [0.2, 0.25) is 0 Å². The normalized spacial score (nSPS) is 21.9. The summed E-state index contributed by atoms with van der Waals surface area (Å²) in [7, 11) is 1.68. The van der Waals surface area contributed by atoms with E-state index in [0.717, 1.165) is 43.4 Å². The molecule has 0 spiro atoms. The second-order valence-electron chi connectivity index (χ2n) is 5.68. The van der Waals surface area contributed by atoms with Crippen molar-refractivity contribution in [2.24, 2.45) is 0 Å². The van der Waals surface area contributed by atoms with Gasteiger partial charge in [0.15, 0.2) is 5.78 Å². The van der Waals surface area contributed by atoms with Gasteiger partial charge in [-0.2, -0.15) is 0 Å². The third-order valence-electron chi connectivity index (χ3n) is 3.91. The van der Waals surface area contributed by atoms with Gasteiger partial charge < -0.3 is 4.74 Å². The molecule has 2 heteroatoms. The molecular formula is C20H24O2. The number of ether oxygens (including phenoxy) is 1. The van der Waals surface area contributed by atoms with E-state index < -0.39 is 0 Å². The topological polar surface area (TPSA) is 26.3 Å². The van der Waals surface area contributed by atoms with Crippen LogP contribution in [0, 0.1) is 0 Å². The molecule has 0 amide bonds. The molecule has 0 bridgehead atoms. The van der Waals surface area contributed by atoms with Crippen molar-refractivity contribution in [2.45, 2.75) is 39.0 Å². The average Bonchev–Trinajstić information content (AvgIpc) is 2.52. The molecule has 1 aliphatic carbocycles. The van der Waals surface area contributed by atoms with Crippen LogP contribution in [0.5, 0.6) is 5.75 Å². The van der Waals surface area contributed by atoms with Crippen LogP contribution < -0.4 is 4.74 Å². The Hall–Kier alpha value is -2.09. The van der Waals surface area contributed by atoms with Crippen molar-refractivity contribution in [2.75, 3.05) is 7.11 Å². The van der Waals surface area contributed by atoms with Crippen molar-refractivity contribution >= 4 is 11.9 Å². The first kappa shape index (κ1) is 16.3. The third-order valence-corrected chi connectivity index (χ3v) is 3.91. The van der Waals surface area contributed by atoms with Gasteiger partial charge in [-0.1, -0.05) is 29.9 Å². The lowest BCUT2D eigenvalue weighted by Crippen LogP contribution is -1.93. The third kappa shape index (κ3) is 5.03. The molecule has 1 aromatic carbocycles. The van der Waals surface area contributed by atoms with Crippen molar-refractivity contribution in [3.05, 3.63) is 59.2 Å². The highest BCUT2D eigenvalue weighted by Gasteiger charge is 2.03. The molecule has 0 heterocycles. The van der Waals surface area contributed by atoms with Crippen molar-refractivity contribution in [1.29, 1.82) is 0 Å². The molecule has 1 aromatic rings. The van der Waals surface area contributed by atoms with Crippen molar-refractivity contribution in [3.63, 3.8) is 0 Å². The minimum absolute atomic E-state index is 0.0473. The summed E-state index contributed by atoms with van der Waals surface area (Å²) in [6.45, 7) is 2.19. The van der Waals surface area contributed by atoms with Gasteiger partial charge in [-0.05, 0) is 74.4 Å². The number of hydrogen-bond acceptors (Lipinski definition) is 2. The Bertz CT molecular complexity index is 606. The zero-order valence-corrected chi connectivity index (χ0v) is 13.5. The maximum Gasteiger partial charge on any atom is 0.178 e. The van der Waals surface area contributed by atoms with Crippen LogP contribution >= 0.6 is 0 Å². The van der Waals surface area contributed by atoms with Crippen LogP contribution in [0.3, 0.4) is 0 Å². The molecule has 1 aliphatic rings. The number of ketones is 1. The first-order valence-electron chi connectivity index (χ1n) is 7.90. The summed E-state index contributed by atoms with van der Waals surface area (Å²) in [5.74, 6) is 0.909. The minimum atomic E-state index is 0.0473. The van der Waals surface area contributed by atoms with E-state index in [0.29, 0.717) is 0 Å². The van der Waals surface area contributed by atoms with Crippen molar-refractivity contribution in [1.82, 2.24) is 0 Å². The molecule has 22 heavy (non-hydrogen) atoms. The number of hydrogen-bond donors (Lipinski definition) is 0. The zero-order chi connectivity index (χ0) is 15.8. The summed E-state index contributed by atoms with van der Waals surface area (Å²) in [6.07, 6.45) is 14.7. The molecule has 0 saturated carbocycles. The Morgan fingerprint density at radius 1 is 1.05 bits per heavy atom. The molecule has 116 valence electrons. The van der Waals surface area contributed by atoms with Crippen LogP contribution in [0.4, 0.5) is 0 Å². The zero-order valence-electron chi connectivity index (χ0n) is 13.5. The number of carbonyl (C=O) groups excluding carboxylic acids is 1. The lowest BCUT2D eigenvalue weighted by atomic mass is 9.99. The first-order valence-corrected chi connectivity index (χ1v) is 7.90. The second-order valence-corrected chi connectivity index (χ2v) is 5.68. The number of rotatable bonds is 1. The molecule has 0 saturated heterocycles. The molecule has 0 N–H and O–H groups in total. The lowest BCUT2D eigenvalue weighted by molar-refractivity contribution is -0.110. The fraction of sp³-hybridized carbons (Fsp3) is 0.350. The smallest absolute Gasteiger partial charge is 0.178 e. The monoisotopic (exact) mass is 296 g/mol. The summed E-state index contributed by atoms with van der Waals surface area (Å²) in [4.78, 5) is 11.8. The van der Waals surface area contributed by atoms with E-state index in [1.807, 2.05) is 24.3 Å². The Morgan fingerprint density at radius 3 is 2.73 bits per heavy atom. The van der Waals surface area contributed by atoms with Gasteiger partial charge in [-0.3, -0.25) is 4.79 Å². The summed E-state index contributed by atoms with van der Waals surface area (Å²) >= 11 is 0. The summed E-state index contributed by atoms with van der Waals surface area (Å²) in [5, 5.41) is 0. The number of fused-ring (bicyclic) bond motifs is 1. The second kappa shape index (κ2) is 8.38. The van der Waals surface area contributed by atoms with E-state index in [1.54, 1.807) is 19.3 Å². The van der Waals surface area contributed by atoms with Gasteiger partial charge in [0.25, 0.3) is 0 Å². The van der Waals surface area contributed by atoms with Gasteiger partial charge >= 0.3 is 0 Å². The molecule has 2 rings (SSSR count). The maximum atomic E-state index is 11.8. The van der Waals surface area contributed by atoms with E-state index in [2.05, 4.69) is 19.1 Å². The predicted octanol–water partition coefficient (Wildman–Crippen LogP) is 4.90. The summed E-state index contributed by atoms with van der Waals surface area (Å²) in [5.41, 5.74) is 3.73. The summed E-state index contributed by atoms with van der Waals surface area (Å²) in [6, 6.07) is 6.02. The fourth-order valence-corrected chi connectivity index (χ4v) is 2.59. The molecule has 0 fully saturated rings. The van der Waals surface area contributed by atoms with Crippen LogP contribution in [0.1, 0.15) is 43.7 Å². The van der Waals surface area contributed by atoms with E-state index in [4.69, 9.17) is 4.74 Å². The van der Waals surface area contributed by atoms with Crippen molar-refractivity contribution in [3.8, 4) is 5.75 Å². The number of carbonyl (C=O) groups is 1. The Labute approximate surface area is 133 Å². The molecular weight excluding hydrogens is 272 g/mol. The number of benzene rings is 1. The number of allylic oxidation sites excluding steroid dienone is 5. The van der Waals surface area contributed by atoms with Crippen LogP contribution in [0.25, 0.3) is 6.08 Å². The van der Waals surface area contributed by atoms with E-state index in [-0.39, 0.29) is 5.78 Å².